The molecule has 1 aliphatic heterocycles. The molecule has 5 nitrogen and oxygen atoms in total. The van der Waals surface area contributed by atoms with Crippen molar-refractivity contribution in [2.24, 2.45) is 0 Å². The number of hydrogen-bond donors (Lipinski definition) is 1. The van der Waals surface area contributed by atoms with Crippen molar-refractivity contribution >= 4 is 29.2 Å². The summed E-state index contributed by atoms with van der Waals surface area (Å²) in [5, 5.41) is 4.23. The van der Waals surface area contributed by atoms with Crippen LogP contribution in [0.4, 0.5) is 4.79 Å². The molecule has 0 spiro atoms. The van der Waals surface area contributed by atoms with Gasteiger partial charge in [-0.1, -0.05) is 29.3 Å². The third-order valence-corrected chi connectivity index (χ3v) is 5.09. The van der Waals surface area contributed by atoms with Crippen LogP contribution < -0.4 is 5.32 Å². The Hall–Kier alpha value is -1.82. The van der Waals surface area contributed by atoms with E-state index in [0.29, 0.717) is 23.0 Å². The van der Waals surface area contributed by atoms with Gasteiger partial charge in [0.2, 0.25) is 0 Å². The van der Waals surface area contributed by atoms with E-state index < -0.39 is 0 Å². The van der Waals surface area contributed by atoms with Crippen molar-refractivity contribution in [3.8, 4) is 0 Å². The number of amides is 2. The lowest BCUT2D eigenvalue weighted by Crippen LogP contribution is -2.51. The number of hydrogen-bond acceptors (Lipinski definition) is 3. The largest absolute Gasteiger partial charge is 0.338 e. The van der Waals surface area contributed by atoms with E-state index >= 15 is 0 Å². The first-order chi connectivity index (χ1) is 12.6. The number of pyridine rings is 1. The molecule has 0 saturated carbocycles. The summed E-state index contributed by atoms with van der Waals surface area (Å²) in [5.41, 5.74) is 2.23. The maximum Gasteiger partial charge on any atom is 0.317 e. The van der Waals surface area contributed by atoms with Crippen molar-refractivity contribution in [2.45, 2.75) is 13.0 Å². The third-order valence-electron chi connectivity index (χ3n) is 4.50. The summed E-state index contributed by atoms with van der Waals surface area (Å²) >= 11 is 12.1. The van der Waals surface area contributed by atoms with E-state index in [4.69, 9.17) is 23.2 Å². The Bertz CT molecular complexity index is 734. The van der Waals surface area contributed by atoms with Crippen LogP contribution in [0.1, 0.15) is 11.1 Å². The van der Waals surface area contributed by atoms with Crippen LogP contribution in [-0.2, 0) is 13.0 Å². The number of halogens is 2. The van der Waals surface area contributed by atoms with E-state index in [1.165, 1.54) is 5.56 Å². The zero-order chi connectivity index (χ0) is 18.4. The van der Waals surface area contributed by atoms with Crippen LogP contribution in [0, 0.1) is 0 Å². The van der Waals surface area contributed by atoms with E-state index in [-0.39, 0.29) is 6.03 Å². The average molecular weight is 393 g/mol. The van der Waals surface area contributed by atoms with Gasteiger partial charge in [0, 0.05) is 61.7 Å². The summed E-state index contributed by atoms with van der Waals surface area (Å²) in [6.45, 7) is 4.67. The second kappa shape index (κ2) is 9.21. The number of carbonyl (C=O) groups is 1. The minimum absolute atomic E-state index is 0.0151. The number of benzene rings is 1. The molecule has 1 saturated heterocycles. The molecule has 1 aromatic heterocycles. The highest BCUT2D eigenvalue weighted by Crippen LogP contribution is 2.21. The average Bonchev–Trinajstić information content (AvgIpc) is 2.65. The predicted octanol–water partition coefficient (Wildman–Crippen LogP) is 3.46. The lowest BCUT2D eigenvalue weighted by Gasteiger charge is -2.34. The van der Waals surface area contributed by atoms with Gasteiger partial charge in [-0.15, -0.1) is 0 Å². The van der Waals surface area contributed by atoms with Gasteiger partial charge in [0.25, 0.3) is 0 Å². The molecule has 7 heteroatoms. The highest BCUT2D eigenvalue weighted by Gasteiger charge is 2.20. The Balaban J connectivity index is 1.39. The molecular formula is C19H22Cl2N4O. The highest BCUT2D eigenvalue weighted by atomic mass is 35.5. The third kappa shape index (κ3) is 5.34. The van der Waals surface area contributed by atoms with Crippen molar-refractivity contribution in [3.05, 3.63) is 63.9 Å². The zero-order valence-electron chi connectivity index (χ0n) is 14.5. The maximum absolute atomic E-state index is 12.3. The summed E-state index contributed by atoms with van der Waals surface area (Å²) < 4.78 is 0. The summed E-state index contributed by atoms with van der Waals surface area (Å²) in [4.78, 5) is 20.6. The lowest BCUT2D eigenvalue weighted by molar-refractivity contribution is 0.135. The molecule has 2 amide bonds. The van der Waals surface area contributed by atoms with Gasteiger partial charge in [-0.2, -0.15) is 0 Å². The molecule has 1 aromatic carbocycles. The monoisotopic (exact) mass is 392 g/mol. The lowest BCUT2D eigenvalue weighted by atomic mass is 10.1. The fourth-order valence-corrected chi connectivity index (χ4v) is 3.50. The van der Waals surface area contributed by atoms with Gasteiger partial charge in [-0.3, -0.25) is 9.88 Å². The maximum atomic E-state index is 12.3. The van der Waals surface area contributed by atoms with Crippen molar-refractivity contribution in [2.75, 3.05) is 32.7 Å². The fourth-order valence-electron chi connectivity index (χ4n) is 3.00. The Morgan fingerprint density at radius 3 is 2.50 bits per heavy atom. The summed E-state index contributed by atoms with van der Waals surface area (Å²) in [5.74, 6) is 0. The van der Waals surface area contributed by atoms with E-state index in [2.05, 4.69) is 15.2 Å². The van der Waals surface area contributed by atoms with Gasteiger partial charge in [-0.25, -0.2) is 4.79 Å². The van der Waals surface area contributed by atoms with Gasteiger partial charge in [0.1, 0.15) is 0 Å². The standard InChI is InChI=1S/C19H22Cl2N4O/c20-17-2-1-16(18(21)13-17)5-8-23-19(26)25-11-9-24(10-12-25)14-15-3-6-22-7-4-15/h1-4,6-7,13H,5,8-12,14H2,(H,23,26). The number of aromatic nitrogens is 1. The SMILES string of the molecule is O=C(NCCc1ccc(Cl)cc1Cl)N1CCN(Cc2ccncc2)CC1. The van der Waals surface area contributed by atoms with E-state index in [1.807, 2.05) is 41.6 Å². The van der Waals surface area contributed by atoms with Crippen LogP contribution >= 0.6 is 23.2 Å². The second-order valence-electron chi connectivity index (χ2n) is 6.34. The van der Waals surface area contributed by atoms with Crippen LogP contribution in [0.5, 0.6) is 0 Å². The Morgan fingerprint density at radius 2 is 1.81 bits per heavy atom. The molecule has 0 atom stereocenters. The van der Waals surface area contributed by atoms with E-state index in [9.17, 15) is 4.79 Å². The smallest absolute Gasteiger partial charge is 0.317 e. The molecular weight excluding hydrogens is 371 g/mol. The highest BCUT2D eigenvalue weighted by molar-refractivity contribution is 6.35. The predicted molar refractivity (Wildman–Crippen MR) is 105 cm³/mol. The first kappa shape index (κ1) is 19.0. The molecule has 0 unspecified atom stereocenters. The van der Waals surface area contributed by atoms with Gasteiger partial charge in [-0.05, 0) is 41.8 Å². The van der Waals surface area contributed by atoms with Crippen molar-refractivity contribution < 1.29 is 4.79 Å². The quantitative estimate of drug-likeness (QED) is 0.847. The summed E-state index contributed by atoms with van der Waals surface area (Å²) in [6.07, 6.45) is 4.31. The topological polar surface area (TPSA) is 48.5 Å². The minimum Gasteiger partial charge on any atom is -0.338 e. The molecule has 2 aromatic rings. The zero-order valence-corrected chi connectivity index (χ0v) is 16.0. The molecule has 1 fully saturated rings. The Morgan fingerprint density at radius 1 is 1.08 bits per heavy atom. The molecule has 2 heterocycles. The van der Waals surface area contributed by atoms with E-state index in [0.717, 1.165) is 38.3 Å². The van der Waals surface area contributed by atoms with Crippen LogP contribution in [-0.4, -0.2) is 53.5 Å². The van der Waals surface area contributed by atoms with Gasteiger partial charge < -0.3 is 10.2 Å². The minimum atomic E-state index is -0.0151. The van der Waals surface area contributed by atoms with Gasteiger partial charge >= 0.3 is 6.03 Å². The van der Waals surface area contributed by atoms with Crippen molar-refractivity contribution in [1.29, 1.82) is 0 Å². The van der Waals surface area contributed by atoms with Crippen molar-refractivity contribution in [1.82, 2.24) is 20.1 Å². The Labute approximate surface area is 163 Å². The summed E-state index contributed by atoms with van der Waals surface area (Å²) in [7, 11) is 0. The number of piperazine rings is 1. The molecule has 3 rings (SSSR count). The number of carbonyl (C=O) groups excluding carboxylic acids is 1. The first-order valence-electron chi connectivity index (χ1n) is 8.70. The molecule has 0 aliphatic carbocycles. The molecule has 138 valence electrons. The van der Waals surface area contributed by atoms with E-state index in [1.54, 1.807) is 6.07 Å². The normalized spacial score (nSPS) is 15.1. The van der Waals surface area contributed by atoms with Gasteiger partial charge in [0.15, 0.2) is 0 Å². The number of nitrogens with one attached hydrogen (secondary N) is 1. The van der Waals surface area contributed by atoms with Crippen LogP contribution in [0.15, 0.2) is 42.7 Å². The van der Waals surface area contributed by atoms with Crippen LogP contribution in [0.25, 0.3) is 0 Å². The fraction of sp³-hybridized carbons (Fsp3) is 0.368. The molecule has 1 N–H and O–H groups in total. The first-order valence-corrected chi connectivity index (χ1v) is 9.45. The number of rotatable bonds is 5. The second-order valence-corrected chi connectivity index (χ2v) is 7.18. The molecule has 26 heavy (non-hydrogen) atoms. The summed E-state index contributed by atoms with van der Waals surface area (Å²) in [6, 6.07) is 9.48. The number of urea groups is 1. The molecule has 0 bridgehead atoms. The van der Waals surface area contributed by atoms with Gasteiger partial charge in [0.05, 0.1) is 0 Å². The van der Waals surface area contributed by atoms with Crippen molar-refractivity contribution in [3.63, 3.8) is 0 Å². The Kier molecular flexibility index (Phi) is 6.72. The molecule has 0 radical (unpaired) electrons. The van der Waals surface area contributed by atoms with Crippen LogP contribution in [0.2, 0.25) is 10.0 Å². The molecule has 1 aliphatic rings. The van der Waals surface area contributed by atoms with Crippen LogP contribution in [0.3, 0.4) is 0 Å². The number of nitrogens with zero attached hydrogens (tertiary/aromatic N) is 3.